The maximum absolute atomic E-state index is 10.7. The first-order chi connectivity index (χ1) is 7.69. The number of rotatable bonds is 2. The lowest BCUT2D eigenvalue weighted by Crippen LogP contribution is -2.43. The van der Waals surface area contributed by atoms with Gasteiger partial charge in [-0.3, -0.25) is 0 Å². The van der Waals surface area contributed by atoms with Crippen LogP contribution in [0.4, 0.5) is 4.79 Å². The number of carboxylic acid groups (broad SMARTS) is 1. The molecule has 1 amide bonds. The molecule has 2 rings (SSSR count). The lowest BCUT2D eigenvalue weighted by molar-refractivity contribution is -0.0824. The Kier molecular flexibility index (Phi) is 3.35. The van der Waals surface area contributed by atoms with Gasteiger partial charge in [0.2, 0.25) is 0 Å². The molecule has 0 unspecified atom stereocenters. The van der Waals surface area contributed by atoms with E-state index in [0.29, 0.717) is 25.1 Å². The highest BCUT2D eigenvalue weighted by Gasteiger charge is 2.32. The molecule has 2 fully saturated rings. The van der Waals surface area contributed by atoms with E-state index in [9.17, 15) is 4.79 Å². The van der Waals surface area contributed by atoms with Gasteiger partial charge in [0.15, 0.2) is 0 Å². The monoisotopic (exact) mass is 223 g/mol. The molecule has 88 valence electrons. The van der Waals surface area contributed by atoms with Gasteiger partial charge >= 0.3 is 6.09 Å². The number of piperidine rings is 1. The van der Waals surface area contributed by atoms with E-state index >= 15 is 0 Å². The van der Waals surface area contributed by atoms with E-state index in [-0.39, 0.29) is 6.10 Å². The average Bonchev–Trinajstić information content (AvgIpc) is 2.23. The molecule has 0 radical (unpaired) electrons. The number of likely N-dealkylation sites (tertiary alicyclic amines) is 1. The highest BCUT2D eigenvalue weighted by atomic mass is 16.5. The second-order valence-corrected chi connectivity index (χ2v) is 4.56. The van der Waals surface area contributed by atoms with Gasteiger partial charge in [0.1, 0.15) is 0 Å². The highest BCUT2D eigenvalue weighted by molar-refractivity contribution is 5.64. The summed E-state index contributed by atoms with van der Waals surface area (Å²) in [5.41, 5.74) is 0. The van der Waals surface area contributed by atoms with E-state index < -0.39 is 6.09 Å². The van der Waals surface area contributed by atoms with Crippen LogP contribution < -0.4 is 0 Å². The quantitative estimate of drug-likeness (QED) is 0.723. The molecule has 2 aliphatic rings. The second kappa shape index (κ2) is 4.75. The Morgan fingerprint density at radius 3 is 2.44 bits per heavy atom. The van der Waals surface area contributed by atoms with Gasteiger partial charge in [0, 0.05) is 19.0 Å². The van der Waals surface area contributed by atoms with Gasteiger partial charge in [0.25, 0.3) is 0 Å². The summed E-state index contributed by atoms with van der Waals surface area (Å²) in [6, 6.07) is 0. The minimum Gasteiger partial charge on any atom is -0.465 e. The van der Waals surface area contributed by atoms with Gasteiger partial charge in [-0.1, -0.05) is 0 Å². The van der Waals surface area contributed by atoms with Crippen molar-refractivity contribution in [3.63, 3.8) is 0 Å². The molecule has 4 heteroatoms. The maximum Gasteiger partial charge on any atom is 0.407 e. The summed E-state index contributed by atoms with van der Waals surface area (Å²) in [7, 11) is 0. The van der Waals surface area contributed by atoms with Crippen LogP contribution >= 0.6 is 0 Å². The predicted octanol–water partition coefficient (Wildman–Crippen LogP) is 1.56. The number of ether oxygens (including phenoxy) is 1. The zero-order valence-corrected chi connectivity index (χ0v) is 9.26. The second-order valence-electron chi connectivity index (χ2n) is 4.56. The van der Waals surface area contributed by atoms with Crippen molar-refractivity contribution < 1.29 is 14.6 Å². The Hall–Kier alpha value is -1.21. The number of hydrogen-bond donors (Lipinski definition) is 1. The van der Waals surface area contributed by atoms with Crippen LogP contribution in [0, 0.1) is 18.3 Å². The van der Waals surface area contributed by atoms with Crippen molar-refractivity contribution in [3.8, 4) is 12.3 Å². The summed E-state index contributed by atoms with van der Waals surface area (Å²) in [6.45, 7) is 1.18. The predicted molar refractivity (Wildman–Crippen MR) is 59.0 cm³/mol. The summed E-state index contributed by atoms with van der Waals surface area (Å²) in [6.07, 6.45) is 8.56. The number of nitrogens with zero attached hydrogens (tertiary/aromatic N) is 1. The molecule has 0 aromatic carbocycles. The molecule has 4 nitrogen and oxygen atoms in total. The van der Waals surface area contributed by atoms with E-state index in [2.05, 4.69) is 5.92 Å². The van der Waals surface area contributed by atoms with E-state index in [4.69, 9.17) is 16.3 Å². The zero-order valence-electron chi connectivity index (χ0n) is 9.26. The SMILES string of the molecule is C#CC1CC(OC2CCN(C(=O)O)CC2)C1. The minimum atomic E-state index is -0.825. The normalized spacial score (nSPS) is 30.6. The lowest BCUT2D eigenvalue weighted by Gasteiger charge is -2.37. The summed E-state index contributed by atoms with van der Waals surface area (Å²) >= 11 is 0. The largest absolute Gasteiger partial charge is 0.465 e. The highest BCUT2D eigenvalue weighted by Crippen LogP contribution is 2.31. The summed E-state index contributed by atoms with van der Waals surface area (Å²) in [5, 5.41) is 8.79. The minimum absolute atomic E-state index is 0.222. The third-order valence-electron chi connectivity index (χ3n) is 3.43. The fraction of sp³-hybridized carbons (Fsp3) is 0.750. The Balaban J connectivity index is 1.67. The zero-order chi connectivity index (χ0) is 11.5. The number of hydrogen-bond acceptors (Lipinski definition) is 2. The molecular weight excluding hydrogens is 206 g/mol. The van der Waals surface area contributed by atoms with Crippen LogP contribution in [0.5, 0.6) is 0 Å². The van der Waals surface area contributed by atoms with Gasteiger partial charge in [0.05, 0.1) is 12.2 Å². The smallest absolute Gasteiger partial charge is 0.407 e. The van der Waals surface area contributed by atoms with Crippen LogP contribution in [0.1, 0.15) is 25.7 Å². The fourth-order valence-electron chi connectivity index (χ4n) is 2.27. The van der Waals surface area contributed by atoms with Crippen LogP contribution in [0.3, 0.4) is 0 Å². The Morgan fingerprint density at radius 2 is 1.94 bits per heavy atom. The molecule has 1 aliphatic heterocycles. The summed E-state index contributed by atoms with van der Waals surface area (Å²) < 4.78 is 5.87. The molecule has 0 spiro atoms. The van der Waals surface area contributed by atoms with Crippen LogP contribution in [0.2, 0.25) is 0 Å². The van der Waals surface area contributed by atoms with E-state index in [1.165, 1.54) is 4.90 Å². The molecule has 1 saturated heterocycles. The van der Waals surface area contributed by atoms with Crippen molar-refractivity contribution in [1.82, 2.24) is 4.90 Å². The Morgan fingerprint density at radius 1 is 1.31 bits per heavy atom. The standard InChI is InChI=1S/C12H17NO3/c1-2-9-7-11(8-9)16-10-3-5-13(6-4-10)12(14)15/h1,9-11H,3-8H2,(H,14,15). The lowest BCUT2D eigenvalue weighted by atomic mass is 9.83. The maximum atomic E-state index is 10.7. The number of carbonyl (C=O) groups is 1. The Bertz CT molecular complexity index is 296. The fourth-order valence-corrected chi connectivity index (χ4v) is 2.27. The molecule has 1 aliphatic carbocycles. The molecular formula is C12H17NO3. The first-order valence-electron chi connectivity index (χ1n) is 5.78. The van der Waals surface area contributed by atoms with E-state index in [1.807, 2.05) is 0 Å². The summed E-state index contributed by atoms with van der Waals surface area (Å²) in [5.74, 6) is 3.12. The van der Waals surface area contributed by atoms with E-state index in [1.54, 1.807) is 0 Å². The summed E-state index contributed by atoms with van der Waals surface area (Å²) in [4.78, 5) is 12.1. The van der Waals surface area contributed by atoms with Crippen molar-refractivity contribution in [1.29, 1.82) is 0 Å². The van der Waals surface area contributed by atoms with Crippen LogP contribution in [-0.4, -0.2) is 41.4 Å². The van der Waals surface area contributed by atoms with Gasteiger partial charge in [-0.05, 0) is 25.7 Å². The molecule has 0 aromatic heterocycles. The van der Waals surface area contributed by atoms with Crippen molar-refractivity contribution in [3.05, 3.63) is 0 Å². The first kappa shape index (κ1) is 11.3. The average molecular weight is 223 g/mol. The molecule has 0 atom stereocenters. The van der Waals surface area contributed by atoms with Crippen LogP contribution in [0.15, 0.2) is 0 Å². The Labute approximate surface area is 95.6 Å². The number of amides is 1. The van der Waals surface area contributed by atoms with Crippen molar-refractivity contribution in [2.45, 2.75) is 37.9 Å². The topological polar surface area (TPSA) is 49.8 Å². The van der Waals surface area contributed by atoms with Gasteiger partial charge in [-0.15, -0.1) is 12.3 Å². The van der Waals surface area contributed by atoms with Crippen molar-refractivity contribution in [2.24, 2.45) is 5.92 Å². The van der Waals surface area contributed by atoms with Gasteiger partial charge in [-0.2, -0.15) is 0 Å². The number of terminal acetylenes is 1. The van der Waals surface area contributed by atoms with Crippen molar-refractivity contribution in [2.75, 3.05) is 13.1 Å². The van der Waals surface area contributed by atoms with Gasteiger partial charge in [-0.25, -0.2) is 4.79 Å². The molecule has 0 aromatic rings. The molecule has 16 heavy (non-hydrogen) atoms. The van der Waals surface area contributed by atoms with Crippen molar-refractivity contribution >= 4 is 6.09 Å². The van der Waals surface area contributed by atoms with E-state index in [0.717, 1.165) is 25.7 Å². The van der Waals surface area contributed by atoms with Crippen LogP contribution in [0.25, 0.3) is 0 Å². The van der Waals surface area contributed by atoms with Gasteiger partial charge < -0.3 is 14.7 Å². The van der Waals surface area contributed by atoms with Crippen LogP contribution in [-0.2, 0) is 4.74 Å². The molecule has 1 saturated carbocycles. The third-order valence-corrected chi connectivity index (χ3v) is 3.43. The molecule has 0 bridgehead atoms. The third kappa shape index (κ3) is 2.48. The first-order valence-corrected chi connectivity index (χ1v) is 5.78. The molecule has 1 heterocycles. The molecule has 1 N–H and O–H groups in total.